The zero-order chi connectivity index (χ0) is 11.8. The molecule has 0 radical (unpaired) electrons. The Bertz CT molecular complexity index is 503. The van der Waals surface area contributed by atoms with E-state index in [9.17, 15) is 13.2 Å². The highest BCUT2D eigenvalue weighted by Gasteiger charge is 2.38. The maximum Gasteiger partial charge on any atom is 0.407 e. The van der Waals surface area contributed by atoms with Crippen molar-refractivity contribution in [3.8, 4) is 0 Å². The normalized spacial score (nSPS) is 14.0. The van der Waals surface area contributed by atoms with Crippen LogP contribution in [0.25, 0.3) is 10.8 Å². The first kappa shape index (κ1) is 10.9. The Morgan fingerprint density at radius 2 is 1.94 bits per heavy atom. The van der Waals surface area contributed by atoms with Crippen LogP contribution in [0.2, 0.25) is 0 Å². The molecule has 1 heterocycles. The Balaban J connectivity index is 2.61. The number of rotatable bonds is 1. The fourth-order valence-corrected chi connectivity index (χ4v) is 1.60. The van der Waals surface area contributed by atoms with E-state index in [4.69, 9.17) is 5.73 Å². The highest BCUT2D eigenvalue weighted by Crippen LogP contribution is 2.33. The van der Waals surface area contributed by atoms with Gasteiger partial charge in [0.1, 0.15) is 6.04 Å². The van der Waals surface area contributed by atoms with Gasteiger partial charge in [-0.05, 0) is 17.0 Å². The summed E-state index contributed by atoms with van der Waals surface area (Å²) in [5, 5.41) is 1.14. The molecular formula is C11H9F3N2. The van der Waals surface area contributed by atoms with Crippen LogP contribution < -0.4 is 5.73 Å². The van der Waals surface area contributed by atoms with Gasteiger partial charge in [0.25, 0.3) is 0 Å². The van der Waals surface area contributed by atoms with Gasteiger partial charge in [-0.1, -0.05) is 18.2 Å². The lowest BCUT2D eigenvalue weighted by atomic mass is 10.0. The first-order valence-corrected chi connectivity index (χ1v) is 4.65. The minimum absolute atomic E-state index is 0.0763. The van der Waals surface area contributed by atoms with Crippen molar-refractivity contribution in [3.63, 3.8) is 0 Å². The van der Waals surface area contributed by atoms with Crippen molar-refractivity contribution in [2.45, 2.75) is 12.2 Å². The zero-order valence-corrected chi connectivity index (χ0v) is 8.20. The third-order valence-corrected chi connectivity index (χ3v) is 2.40. The van der Waals surface area contributed by atoms with E-state index in [-0.39, 0.29) is 5.56 Å². The molecule has 0 saturated heterocycles. The van der Waals surface area contributed by atoms with Crippen LogP contribution in [0.5, 0.6) is 0 Å². The van der Waals surface area contributed by atoms with Crippen molar-refractivity contribution < 1.29 is 13.2 Å². The summed E-state index contributed by atoms with van der Waals surface area (Å²) < 4.78 is 37.6. The first-order valence-electron chi connectivity index (χ1n) is 4.65. The molecule has 5 heteroatoms. The Morgan fingerprint density at radius 1 is 1.19 bits per heavy atom. The number of hydrogen-bond donors (Lipinski definition) is 1. The minimum atomic E-state index is -4.43. The average molecular weight is 226 g/mol. The van der Waals surface area contributed by atoms with Crippen LogP contribution >= 0.6 is 0 Å². The van der Waals surface area contributed by atoms with E-state index < -0.39 is 12.2 Å². The van der Waals surface area contributed by atoms with Gasteiger partial charge in [0, 0.05) is 17.8 Å². The molecule has 2 aromatic rings. The molecule has 0 aliphatic carbocycles. The molecule has 16 heavy (non-hydrogen) atoms. The molecule has 0 saturated carbocycles. The van der Waals surface area contributed by atoms with E-state index >= 15 is 0 Å². The highest BCUT2D eigenvalue weighted by atomic mass is 19.4. The van der Waals surface area contributed by atoms with Crippen LogP contribution in [0.3, 0.4) is 0 Å². The third-order valence-electron chi connectivity index (χ3n) is 2.40. The molecule has 2 rings (SSSR count). The lowest BCUT2D eigenvalue weighted by molar-refractivity contribution is -0.148. The lowest BCUT2D eigenvalue weighted by Crippen LogP contribution is -2.28. The molecule has 0 unspecified atom stereocenters. The van der Waals surface area contributed by atoms with Gasteiger partial charge >= 0.3 is 6.18 Å². The molecule has 0 aliphatic heterocycles. The van der Waals surface area contributed by atoms with Crippen LogP contribution in [0.1, 0.15) is 11.6 Å². The van der Waals surface area contributed by atoms with E-state index in [2.05, 4.69) is 4.98 Å². The standard InChI is InChI=1S/C11H9F3N2/c12-11(13,14)10(15)9-3-1-2-7-6-16-5-4-8(7)9/h1-6,10H,15H2/t10-/m1/s1. The Hall–Kier alpha value is -1.62. The molecule has 1 aromatic carbocycles. The van der Waals surface area contributed by atoms with Gasteiger partial charge in [0.05, 0.1) is 0 Å². The van der Waals surface area contributed by atoms with Crippen molar-refractivity contribution in [2.75, 3.05) is 0 Å². The smallest absolute Gasteiger partial charge is 0.316 e. The van der Waals surface area contributed by atoms with E-state index in [1.807, 2.05) is 0 Å². The van der Waals surface area contributed by atoms with Crippen LogP contribution in [0, 0.1) is 0 Å². The van der Waals surface area contributed by atoms with Gasteiger partial charge in [-0.25, -0.2) is 0 Å². The predicted molar refractivity (Wildman–Crippen MR) is 54.7 cm³/mol. The second kappa shape index (κ2) is 3.75. The summed E-state index contributed by atoms with van der Waals surface area (Å²) >= 11 is 0. The van der Waals surface area contributed by atoms with Crippen LogP contribution in [-0.2, 0) is 0 Å². The van der Waals surface area contributed by atoms with Crippen molar-refractivity contribution >= 4 is 10.8 Å². The van der Waals surface area contributed by atoms with Gasteiger partial charge in [0.2, 0.25) is 0 Å². The fraction of sp³-hybridized carbons (Fsp3) is 0.182. The molecule has 0 spiro atoms. The summed E-state index contributed by atoms with van der Waals surface area (Å²) in [6, 6.07) is 4.22. The van der Waals surface area contributed by atoms with Gasteiger partial charge in [-0.3, -0.25) is 4.98 Å². The number of halogens is 3. The Labute approximate surface area is 89.9 Å². The second-order valence-corrected chi connectivity index (χ2v) is 3.46. The predicted octanol–water partition coefficient (Wildman–Crippen LogP) is 2.80. The number of aromatic nitrogens is 1. The van der Waals surface area contributed by atoms with Crippen molar-refractivity contribution in [2.24, 2.45) is 5.73 Å². The van der Waals surface area contributed by atoms with Crippen LogP contribution in [0.4, 0.5) is 13.2 Å². The quantitative estimate of drug-likeness (QED) is 0.812. The topological polar surface area (TPSA) is 38.9 Å². The second-order valence-electron chi connectivity index (χ2n) is 3.46. The summed E-state index contributed by atoms with van der Waals surface area (Å²) in [5.74, 6) is 0. The van der Waals surface area contributed by atoms with Crippen molar-refractivity contribution in [1.29, 1.82) is 0 Å². The number of nitrogens with two attached hydrogens (primary N) is 1. The summed E-state index contributed by atoms with van der Waals surface area (Å²) in [6.45, 7) is 0. The number of benzene rings is 1. The molecule has 0 fully saturated rings. The number of alkyl halides is 3. The number of nitrogens with zero attached hydrogens (tertiary/aromatic N) is 1. The van der Waals surface area contributed by atoms with Crippen molar-refractivity contribution in [3.05, 3.63) is 42.2 Å². The highest BCUT2D eigenvalue weighted by molar-refractivity contribution is 5.85. The molecule has 0 aliphatic rings. The largest absolute Gasteiger partial charge is 0.407 e. The van der Waals surface area contributed by atoms with Gasteiger partial charge in [0.15, 0.2) is 0 Å². The third kappa shape index (κ3) is 1.86. The van der Waals surface area contributed by atoms with Gasteiger partial charge in [-0.15, -0.1) is 0 Å². The molecule has 0 bridgehead atoms. The molecule has 1 aromatic heterocycles. The number of fused-ring (bicyclic) bond motifs is 1. The van der Waals surface area contributed by atoms with Crippen LogP contribution in [0.15, 0.2) is 36.7 Å². The molecule has 84 valence electrons. The zero-order valence-electron chi connectivity index (χ0n) is 8.20. The minimum Gasteiger partial charge on any atom is -0.316 e. The van der Waals surface area contributed by atoms with Crippen LogP contribution in [-0.4, -0.2) is 11.2 Å². The van der Waals surface area contributed by atoms with Crippen molar-refractivity contribution in [1.82, 2.24) is 4.98 Å². The van der Waals surface area contributed by atoms with E-state index in [1.54, 1.807) is 12.1 Å². The van der Waals surface area contributed by atoms with Gasteiger partial charge in [-0.2, -0.15) is 13.2 Å². The molecule has 0 amide bonds. The Kier molecular flexibility index (Phi) is 2.55. The van der Waals surface area contributed by atoms with E-state index in [1.165, 1.54) is 24.5 Å². The maximum absolute atomic E-state index is 12.5. The number of pyridine rings is 1. The average Bonchev–Trinajstić information content (AvgIpc) is 2.26. The van der Waals surface area contributed by atoms with Gasteiger partial charge < -0.3 is 5.73 Å². The van der Waals surface area contributed by atoms with E-state index in [0.717, 1.165) is 0 Å². The molecule has 1 atom stereocenters. The lowest BCUT2D eigenvalue weighted by Gasteiger charge is -2.17. The maximum atomic E-state index is 12.5. The summed E-state index contributed by atoms with van der Waals surface area (Å²) in [4.78, 5) is 3.85. The summed E-state index contributed by atoms with van der Waals surface area (Å²) in [7, 11) is 0. The Morgan fingerprint density at radius 3 is 2.62 bits per heavy atom. The SMILES string of the molecule is N[C@H](c1cccc2cnccc12)C(F)(F)F. The molecule has 2 nitrogen and oxygen atoms in total. The molecule has 2 N–H and O–H groups in total. The first-order chi connectivity index (χ1) is 7.50. The fourth-order valence-electron chi connectivity index (χ4n) is 1.60. The monoisotopic (exact) mass is 226 g/mol. The van der Waals surface area contributed by atoms with E-state index in [0.29, 0.717) is 10.8 Å². The summed E-state index contributed by atoms with van der Waals surface area (Å²) in [5.41, 5.74) is 5.27. The summed E-state index contributed by atoms with van der Waals surface area (Å²) in [6.07, 6.45) is -1.46. The molecular weight excluding hydrogens is 217 g/mol. The number of hydrogen-bond acceptors (Lipinski definition) is 2.